The van der Waals surface area contributed by atoms with Crippen molar-refractivity contribution < 1.29 is 4.79 Å². The van der Waals surface area contributed by atoms with Crippen molar-refractivity contribution in [3.05, 3.63) is 41.2 Å². The van der Waals surface area contributed by atoms with E-state index in [1.54, 1.807) is 0 Å². The van der Waals surface area contributed by atoms with Crippen LogP contribution in [0.25, 0.3) is 11.0 Å². The molecule has 0 unspecified atom stereocenters. The zero-order valence-electron chi connectivity index (χ0n) is 14.6. The third kappa shape index (κ3) is 3.58. The van der Waals surface area contributed by atoms with Gasteiger partial charge in [0.25, 0.3) is 0 Å². The average molecular weight is 383 g/mol. The first-order chi connectivity index (χ1) is 12.5. The molecule has 4 heterocycles. The Labute approximate surface area is 159 Å². The van der Waals surface area contributed by atoms with Crippen LogP contribution < -0.4 is 5.32 Å². The summed E-state index contributed by atoms with van der Waals surface area (Å²) in [5.74, 6) is -0.0877. The summed E-state index contributed by atoms with van der Waals surface area (Å²) in [4.78, 5) is 26.8. The number of piperidine rings is 1. The molecule has 3 radical (unpaired) electrons. The summed E-state index contributed by atoms with van der Waals surface area (Å²) < 4.78 is 0. The van der Waals surface area contributed by atoms with Crippen molar-refractivity contribution in [3.63, 3.8) is 0 Å². The van der Waals surface area contributed by atoms with Crippen LogP contribution in [0.4, 0.5) is 5.13 Å². The average Bonchev–Trinajstić information content (AvgIpc) is 3.23. The van der Waals surface area contributed by atoms with E-state index < -0.39 is 0 Å². The SMILES string of the molecule is CC(=O)Nc1ncc(CN2CCC[C@]([Si])(c3cnc4cc[nH]c4c3)C2)s1. The third-order valence-electron chi connectivity index (χ3n) is 4.74. The first-order valence-corrected chi connectivity index (χ1v) is 9.97. The Morgan fingerprint density at radius 2 is 2.35 bits per heavy atom. The lowest BCUT2D eigenvalue weighted by Crippen LogP contribution is -2.46. The quantitative estimate of drug-likeness (QED) is 0.681. The Morgan fingerprint density at radius 1 is 1.46 bits per heavy atom. The Morgan fingerprint density at radius 3 is 3.19 bits per heavy atom. The minimum Gasteiger partial charge on any atom is -0.360 e. The summed E-state index contributed by atoms with van der Waals surface area (Å²) in [6.07, 6.45) is 7.95. The fraction of sp³-hybridized carbons (Fsp3) is 0.389. The number of hydrogen-bond donors (Lipinski definition) is 2. The number of nitrogens with one attached hydrogen (secondary N) is 2. The maximum atomic E-state index is 11.2. The molecule has 1 saturated heterocycles. The van der Waals surface area contributed by atoms with Gasteiger partial charge in [0.2, 0.25) is 5.91 Å². The highest BCUT2D eigenvalue weighted by Gasteiger charge is 2.33. The third-order valence-corrected chi connectivity index (χ3v) is 6.33. The Hall–Kier alpha value is -2.03. The minimum absolute atomic E-state index is 0.0877. The number of likely N-dealkylation sites (tertiary alicyclic amines) is 1. The molecule has 133 valence electrons. The number of carbonyl (C=O) groups excluding carboxylic acids is 1. The van der Waals surface area contributed by atoms with Gasteiger partial charge in [0.15, 0.2) is 5.13 Å². The number of nitrogens with zero attached hydrogens (tertiary/aromatic N) is 3. The highest BCUT2D eigenvalue weighted by Crippen LogP contribution is 2.33. The second-order valence-corrected chi connectivity index (χ2v) is 8.92. The van der Waals surface area contributed by atoms with E-state index in [4.69, 9.17) is 0 Å². The number of hydrogen-bond acceptors (Lipinski definition) is 5. The van der Waals surface area contributed by atoms with Crippen LogP contribution in [0.5, 0.6) is 0 Å². The number of H-pyrrole nitrogens is 1. The van der Waals surface area contributed by atoms with E-state index in [1.165, 1.54) is 23.8 Å². The van der Waals surface area contributed by atoms with Gasteiger partial charge < -0.3 is 10.3 Å². The van der Waals surface area contributed by atoms with E-state index in [2.05, 4.69) is 41.5 Å². The van der Waals surface area contributed by atoms with Crippen molar-refractivity contribution in [2.24, 2.45) is 0 Å². The van der Waals surface area contributed by atoms with Crippen LogP contribution in [0.2, 0.25) is 0 Å². The molecule has 0 bridgehead atoms. The van der Waals surface area contributed by atoms with E-state index >= 15 is 0 Å². The molecule has 3 aromatic heterocycles. The highest BCUT2D eigenvalue weighted by molar-refractivity contribution is 7.15. The number of anilines is 1. The second-order valence-electron chi connectivity index (χ2n) is 6.84. The highest BCUT2D eigenvalue weighted by atomic mass is 32.1. The van der Waals surface area contributed by atoms with Crippen LogP contribution in [-0.4, -0.2) is 49.1 Å². The summed E-state index contributed by atoms with van der Waals surface area (Å²) in [6.45, 7) is 4.30. The van der Waals surface area contributed by atoms with Gasteiger partial charge >= 0.3 is 0 Å². The fourth-order valence-electron chi connectivity index (χ4n) is 3.52. The maximum Gasteiger partial charge on any atom is 0.223 e. The number of pyridine rings is 1. The standard InChI is InChI=1S/C18H20N5OSSi/c1-12(24)22-17-21-9-14(25-17)10-23-6-2-4-18(26,11-23)13-7-16-15(20-8-13)3-5-19-16/h3,5,7-9,19H,2,4,6,10-11H2,1H3,(H,21,22,24)/t18-/m1/s1. The van der Waals surface area contributed by atoms with Crippen molar-refractivity contribution in [1.29, 1.82) is 0 Å². The van der Waals surface area contributed by atoms with Gasteiger partial charge in [-0.15, -0.1) is 11.3 Å². The molecule has 26 heavy (non-hydrogen) atoms. The lowest BCUT2D eigenvalue weighted by Gasteiger charge is -2.40. The Kier molecular flexibility index (Phi) is 4.64. The van der Waals surface area contributed by atoms with Crippen molar-refractivity contribution >= 4 is 43.7 Å². The van der Waals surface area contributed by atoms with E-state index in [1.807, 2.05) is 24.7 Å². The van der Waals surface area contributed by atoms with Crippen molar-refractivity contribution in [2.75, 3.05) is 18.4 Å². The summed E-state index contributed by atoms with van der Waals surface area (Å²) >= 11 is 1.54. The predicted molar refractivity (Wildman–Crippen MR) is 104 cm³/mol. The van der Waals surface area contributed by atoms with Crippen LogP contribution in [0.1, 0.15) is 30.2 Å². The van der Waals surface area contributed by atoms with Gasteiger partial charge in [0.1, 0.15) is 0 Å². The van der Waals surface area contributed by atoms with E-state index in [0.717, 1.165) is 48.4 Å². The van der Waals surface area contributed by atoms with E-state index in [9.17, 15) is 4.79 Å². The van der Waals surface area contributed by atoms with Crippen molar-refractivity contribution in [2.45, 2.75) is 31.3 Å². The number of thiazole rings is 1. The molecular formula is C18H20N5OSSi. The van der Waals surface area contributed by atoms with Crippen molar-refractivity contribution in [3.8, 4) is 0 Å². The summed E-state index contributed by atoms with van der Waals surface area (Å²) in [5.41, 5.74) is 3.27. The molecule has 1 atom stereocenters. The molecule has 0 aromatic carbocycles. The number of amides is 1. The maximum absolute atomic E-state index is 11.2. The molecular weight excluding hydrogens is 362 g/mol. The molecule has 0 aliphatic carbocycles. The van der Waals surface area contributed by atoms with Gasteiger partial charge in [0.05, 0.1) is 11.0 Å². The smallest absolute Gasteiger partial charge is 0.223 e. The number of rotatable bonds is 4. The number of aromatic amines is 1. The molecule has 1 aliphatic heterocycles. The van der Waals surface area contributed by atoms with Gasteiger partial charge in [-0.25, -0.2) is 4.98 Å². The van der Waals surface area contributed by atoms with Crippen LogP contribution in [-0.2, 0) is 16.4 Å². The summed E-state index contributed by atoms with van der Waals surface area (Å²) in [5, 5.41) is 3.31. The van der Waals surface area contributed by atoms with Gasteiger partial charge in [0, 0.05) is 53.7 Å². The molecule has 1 fully saturated rings. The molecule has 2 N–H and O–H groups in total. The normalized spacial score (nSPS) is 21.2. The van der Waals surface area contributed by atoms with Gasteiger partial charge in [-0.1, -0.05) is 0 Å². The summed E-state index contributed by atoms with van der Waals surface area (Å²) in [7, 11) is 4.07. The first-order valence-electron chi connectivity index (χ1n) is 8.65. The molecule has 6 nitrogen and oxygen atoms in total. The molecule has 0 saturated carbocycles. The predicted octanol–water partition coefficient (Wildman–Crippen LogP) is 2.64. The molecule has 8 heteroatoms. The Bertz CT molecular complexity index is 938. The second kappa shape index (κ2) is 6.94. The zero-order chi connectivity index (χ0) is 18.1. The van der Waals surface area contributed by atoms with Crippen LogP contribution in [0.15, 0.2) is 30.7 Å². The molecule has 3 aromatic rings. The van der Waals surface area contributed by atoms with E-state index in [-0.39, 0.29) is 10.9 Å². The monoisotopic (exact) mass is 382 g/mol. The number of aromatic nitrogens is 3. The van der Waals surface area contributed by atoms with Crippen molar-refractivity contribution in [1.82, 2.24) is 19.9 Å². The van der Waals surface area contributed by atoms with Crippen LogP contribution in [0.3, 0.4) is 0 Å². The largest absolute Gasteiger partial charge is 0.360 e. The van der Waals surface area contributed by atoms with Gasteiger partial charge in [-0.3, -0.25) is 14.7 Å². The Balaban J connectivity index is 1.49. The fourth-order valence-corrected chi connectivity index (χ4v) is 4.96. The zero-order valence-corrected chi connectivity index (χ0v) is 16.4. The number of carbonyl (C=O) groups is 1. The van der Waals surface area contributed by atoms with Crippen LogP contribution in [0, 0.1) is 0 Å². The van der Waals surface area contributed by atoms with Crippen LogP contribution >= 0.6 is 11.3 Å². The molecule has 0 spiro atoms. The molecule has 1 amide bonds. The lowest BCUT2D eigenvalue weighted by atomic mass is 9.90. The van der Waals surface area contributed by atoms with Gasteiger partial charge in [-0.2, -0.15) is 0 Å². The van der Waals surface area contributed by atoms with E-state index in [0.29, 0.717) is 5.13 Å². The molecule has 4 rings (SSSR count). The first kappa shape index (κ1) is 17.4. The van der Waals surface area contributed by atoms with Gasteiger partial charge in [-0.05, 0) is 42.1 Å². The minimum atomic E-state index is -0.101. The molecule has 1 aliphatic rings. The topological polar surface area (TPSA) is 73.9 Å². The lowest BCUT2D eigenvalue weighted by molar-refractivity contribution is -0.114. The number of fused-ring (bicyclic) bond motifs is 1. The summed E-state index contributed by atoms with van der Waals surface area (Å²) in [6, 6.07) is 4.18.